The zero-order chi connectivity index (χ0) is 12.4. The number of nitrogen functional groups attached to an aromatic ring is 1. The minimum absolute atomic E-state index is 0.224. The lowest BCUT2D eigenvalue weighted by Crippen LogP contribution is -2.12. The molecule has 7 heteroatoms. The number of aromatic nitrogens is 2. The Morgan fingerprint density at radius 1 is 1.47 bits per heavy atom. The fourth-order valence-corrected chi connectivity index (χ4v) is 1.69. The first kappa shape index (κ1) is 11.5. The number of benzene rings is 1. The molecule has 1 aromatic carbocycles. The maximum absolute atomic E-state index is 13.3. The number of aryl methyl sites for hydroxylation is 1. The van der Waals surface area contributed by atoms with E-state index in [1.807, 2.05) is 0 Å². The number of nitrogens with zero attached hydrogens (tertiary/aromatic N) is 2. The van der Waals surface area contributed by atoms with E-state index < -0.39 is 11.7 Å². The molecule has 2 aromatic rings. The number of carbonyl (C=O) groups excluding carboxylic acids is 1. The van der Waals surface area contributed by atoms with E-state index >= 15 is 0 Å². The molecule has 0 unspecified atom stereocenters. The van der Waals surface area contributed by atoms with Gasteiger partial charge in [-0.15, -0.1) is 10.2 Å². The van der Waals surface area contributed by atoms with Crippen LogP contribution >= 0.6 is 11.3 Å². The van der Waals surface area contributed by atoms with Crippen LogP contribution in [0.4, 0.5) is 14.7 Å². The van der Waals surface area contributed by atoms with Gasteiger partial charge in [0.25, 0.3) is 5.91 Å². The van der Waals surface area contributed by atoms with Gasteiger partial charge in [0.2, 0.25) is 10.3 Å². The highest BCUT2D eigenvalue weighted by Crippen LogP contribution is 2.18. The van der Waals surface area contributed by atoms with Crippen molar-refractivity contribution < 1.29 is 9.18 Å². The molecule has 0 saturated carbocycles. The van der Waals surface area contributed by atoms with Crippen LogP contribution in [0.25, 0.3) is 0 Å². The minimum atomic E-state index is -0.444. The molecule has 0 aliphatic rings. The Hall–Kier alpha value is -2.02. The Morgan fingerprint density at radius 3 is 2.82 bits per heavy atom. The molecule has 5 nitrogen and oxygen atoms in total. The Labute approximate surface area is 100 Å². The van der Waals surface area contributed by atoms with Crippen molar-refractivity contribution in [2.24, 2.45) is 0 Å². The van der Waals surface area contributed by atoms with Crippen LogP contribution in [-0.2, 0) is 0 Å². The van der Waals surface area contributed by atoms with Crippen molar-refractivity contribution in [3.05, 3.63) is 35.1 Å². The predicted octanol–water partition coefficient (Wildman–Crippen LogP) is 1.82. The third-order valence-electron chi connectivity index (χ3n) is 2.10. The highest BCUT2D eigenvalue weighted by molar-refractivity contribution is 7.19. The number of anilines is 2. The first-order valence-electron chi connectivity index (χ1n) is 4.73. The van der Waals surface area contributed by atoms with Crippen molar-refractivity contribution in [1.29, 1.82) is 0 Å². The summed E-state index contributed by atoms with van der Waals surface area (Å²) in [7, 11) is 0. The summed E-state index contributed by atoms with van der Waals surface area (Å²) in [5, 5.41) is 10.2. The second-order valence-electron chi connectivity index (χ2n) is 3.36. The van der Waals surface area contributed by atoms with Crippen LogP contribution in [0.2, 0.25) is 0 Å². The Bertz CT molecular complexity index is 569. The standard InChI is InChI=1S/C10H9FN4OS/c1-5-2-3-6(4-7(5)11)8(16)13-10-15-14-9(12)17-10/h2-4H,1H3,(H2,12,14)(H,13,15,16). The SMILES string of the molecule is Cc1ccc(C(=O)Nc2nnc(N)s2)cc1F. The summed E-state index contributed by atoms with van der Waals surface area (Å²) in [6.07, 6.45) is 0. The van der Waals surface area contributed by atoms with Gasteiger partial charge in [0, 0.05) is 5.56 Å². The third kappa shape index (κ3) is 2.56. The normalized spacial score (nSPS) is 10.2. The molecular weight excluding hydrogens is 243 g/mol. The van der Waals surface area contributed by atoms with E-state index in [0.29, 0.717) is 5.56 Å². The van der Waals surface area contributed by atoms with Crippen LogP contribution < -0.4 is 11.1 Å². The van der Waals surface area contributed by atoms with Crippen molar-refractivity contribution in [3.63, 3.8) is 0 Å². The minimum Gasteiger partial charge on any atom is -0.374 e. The lowest BCUT2D eigenvalue weighted by molar-refractivity contribution is 0.102. The number of rotatable bonds is 2. The number of hydrogen-bond donors (Lipinski definition) is 2. The molecule has 0 aliphatic carbocycles. The van der Waals surface area contributed by atoms with Gasteiger partial charge < -0.3 is 5.73 Å². The Kier molecular flexibility index (Phi) is 3.01. The van der Waals surface area contributed by atoms with E-state index in [1.54, 1.807) is 13.0 Å². The maximum atomic E-state index is 13.3. The number of nitrogens with one attached hydrogen (secondary N) is 1. The van der Waals surface area contributed by atoms with Gasteiger partial charge in [-0.25, -0.2) is 4.39 Å². The molecule has 17 heavy (non-hydrogen) atoms. The van der Waals surface area contributed by atoms with Crippen molar-refractivity contribution >= 4 is 27.5 Å². The van der Waals surface area contributed by atoms with Gasteiger partial charge in [-0.05, 0) is 24.6 Å². The number of halogens is 1. The smallest absolute Gasteiger partial charge is 0.257 e. The molecule has 0 radical (unpaired) electrons. The van der Waals surface area contributed by atoms with Gasteiger partial charge in [-0.3, -0.25) is 10.1 Å². The van der Waals surface area contributed by atoms with Gasteiger partial charge in [0.1, 0.15) is 5.82 Å². The zero-order valence-electron chi connectivity index (χ0n) is 8.90. The van der Waals surface area contributed by atoms with Gasteiger partial charge in [-0.2, -0.15) is 0 Å². The molecule has 3 N–H and O–H groups in total. The molecule has 0 spiro atoms. The number of nitrogens with two attached hydrogens (primary N) is 1. The third-order valence-corrected chi connectivity index (χ3v) is 2.76. The average molecular weight is 252 g/mol. The van der Waals surface area contributed by atoms with E-state index in [0.717, 1.165) is 11.3 Å². The molecule has 1 amide bonds. The van der Waals surface area contributed by atoms with Crippen LogP contribution in [-0.4, -0.2) is 16.1 Å². The summed E-state index contributed by atoms with van der Waals surface area (Å²) in [4.78, 5) is 11.7. The van der Waals surface area contributed by atoms with Gasteiger partial charge in [0.15, 0.2) is 0 Å². The van der Waals surface area contributed by atoms with E-state index in [-0.39, 0.29) is 15.8 Å². The lowest BCUT2D eigenvalue weighted by atomic mass is 10.1. The van der Waals surface area contributed by atoms with Crippen molar-refractivity contribution in [1.82, 2.24) is 10.2 Å². The lowest BCUT2D eigenvalue weighted by Gasteiger charge is -2.02. The first-order valence-corrected chi connectivity index (χ1v) is 5.54. The summed E-state index contributed by atoms with van der Waals surface area (Å²) >= 11 is 1.05. The Morgan fingerprint density at radius 2 is 2.24 bits per heavy atom. The summed E-state index contributed by atoms with van der Waals surface area (Å²) in [6, 6.07) is 4.26. The fraction of sp³-hybridized carbons (Fsp3) is 0.100. The number of hydrogen-bond acceptors (Lipinski definition) is 5. The van der Waals surface area contributed by atoms with Gasteiger partial charge in [0.05, 0.1) is 0 Å². The molecular formula is C10H9FN4OS. The molecule has 1 heterocycles. The quantitative estimate of drug-likeness (QED) is 0.854. The van der Waals surface area contributed by atoms with Crippen molar-refractivity contribution in [3.8, 4) is 0 Å². The van der Waals surface area contributed by atoms with Crippen molar-refractivity contribution in [2.75, 3.05) is 11.1 Å². The van der Waals surface area contributed by atoms with Gasteiger partial charge >= 0.3 is 0 Å². The zero-order valence-corrected chi connectivity index (χ0v) is 9.71. The monoisotopic (exact) mass is 252 g/mol. The maximum Gasteiger partial charge on any atom is 0.257 e. The summed E-state index contributed by atoms with van der Waals surface area (Å²) in [6.45, 7) is 1.63. The number of carbonyl (C=O) groups is 1. The summed E-state index contributed by atoms with van der Waals surface area (Å²) < 4.78 is 13.3. The largest absolute Gasteiger partial charge is 0.374 e. The van der Waals surface area contributed by atoms with E-state index in [9.17, 15) is 9.18 Å². The van der Waals surface area contributed by atoms with Crippen LogP contribution in [0.3, 0.4) is 0 Å². The summed E-state index contributed by atoms with van der Waals surface area (Å²) in [5.74, 6) is -0.866. The van der Waals surface area contributed by atoms with Crippen LogP contribution in [0.5, 0.6) is 0 Å². The highest BCUT2D eigenvalue weighted by atomic mass is 32.1. The highest BCUT2D eigenvalue weighted by Gasteiger charge is 2.10. The molecule has 0 bridgehead atoms. The predicted molar refractivity (Wildman–Crippen MR) is 63.4 cm³/mol. The van der Waals surface area contributed by atoms with Crippen LogP contribution in [0, 0.1) is 12.7 Å². The molecule has 0 atom stereocenters. The topological polar surface area (TPSA) is 80.9 Å². The molecule has 2 rings (SSSR count). The fourth-order valence-electron chi connectivity index (χ4n) is 1.19. The van der Waals surface area contributed by atoms with E-state index in [1.165, 1.54) is 12.1 Å². The molecule has 0 saturated heterocycles. The molecule has 88 valence electrons. The Balaban J connectivity index is 2.17. The van der Waals surface area contributed by atoms with Crippen molar-refractivity contribution in [2.45, 2.75) is 6.92 Å². The van der Waals surface area contributed by atoms with Crippen LogP contribution in [0.1, 0.15) is 15.9 Å². The summed E-state index contributed by atoms with van der Waals surface area (Å²) in [5.41, 5.74) is 6.08. The van der Waals surface area contributed by atoms with E-state index in [4.69, 9.17) is 5.73 Å². The van der Waals surface area contributed by atoms with Gasteiger partial charge in [-0.1, -0.05) is 17.4 Å². The molecule has 0 fully saturated rings. The van der Waals surface area contributed by atoms with Crippen LogP contribution in [0.15, 0.2) is 18.2 Å². The number of amides is 1. The average Bonchev–Trinajstić information content (AvgIpc) is 2.68. The second kappa shape index (κ2) is 4.46. The second-order valence-corrected chi connectivity index (χ2v) is 4.37. The molecule has 0 aliphatic heterocycles. The van der Waals surface area contributed by atoms with E-state index in [2.05, 4.69) is 15.5 Å². The first-order chi connectivity index (χ1) is 8.06. The molecule has 1 aromatic heterocycles.